The number of aliphatic hydroxyl groups excluding tert-OH is 8. The summed E-state index contributed by atoms with van der Waals surface area (Å²) in [6.07, 6.45) is 38.1. The first kappa shape index (κ1) is 69.8. The van der Waals surface area contributed by atoms with Gasteiger partial charge in [-0.25, -0.2) is 0 Å². The van der Waals surface area contributed by atoms with Gasteiger partial charge in [0.25, 0.3) is 0 Å². The minimum absolute atomic E-state index is 0.213. The van der Waals surface area contributed by atoms with Crippen LogP contribution in [0, 0.1) is 0 Å². The van der Waals surface area contributed by atoms with Crippen molar-refractivity contribution in [3.05, 3.63) is 12.2 Å². The van der Waals surface area contributed by atoms with Crippen LogP contribution in [-0.4, -0.2) is 140 Å². The molecule has 2 rings (SSSR count). The van der Waals surface area contributed by atoms with Gasteiger partial charge in [-0.1, -0.05) is 244 Å². The summed E-state index contributed by atoms with van der Waals surface area (Å²) in [5, 5.41) is 87.2. The number of hydrogen-bond donors (Lipinski definition) is 9. The van der Waals surface area contributed by atoms with Crippen LogP contribution in [0.1, 0.15) is 277 Å². The van der Waals surface area contributed by atoms with Crippen LogP contribution in [0.3, 0.4) is 0 Å². The van der Waals surface area contributed by atoms with Gasteiger partial charge < -0.3 is 65.1 Å². The molecule has 2 aliphatic rings. The summed E-state index contributed by atoms with van der Waals surface area (Å²) < 4.78 is 22.8. The lowest BCUT2D eigenvalue weighted by atomic mass is 9.97. The van der Waals surface area contributed by atoms with Crippen molar-refractivity contribution in [3.8, 4) is 0 Å². The Morgan fingerprint density at radius 1 is 0.467 bits per heavy atom. The molecule has 12 unspecified atom stereocenters. The van der Waals surface area contributed by atoms with E-state index in [1.165, 1.54) is 180 Å². The molecule has 0 aromatic rings. The van der Waals surface area contributed by atoms with Gasteiger partial charge in [-0.2, -0.15) is 0 Å². The fraction of sp³-hybridized carbons (Fsp3) is 0.951. The summed E-state index contributed by atoms with van der Waals surface area (Å²) in [5.41, 5.74) is 0. The molecule has 0 radical (unpaired) electrons. The number of ether oxygens (including phenoxy) is 4. The number of allylic oxidation sites excluding steroid dienone is 2. The minimum atomic E-state index is -1.78. The molecule has 2 aliphatic heterocycles. The van der Waals surface area contributed by atoms with Gasteiger partial charge in [-0.3, -0.25) is 4.79 Å². The zero-order valence-corrected chi connectivity index (χ0v) is 47.8. The molecule has 0 saturated carbocycles. The number of nitrogens with one attached hydrogen (secondary N) is 1. The Bertz CT molecular complexity index is 1310. The molecule has 14 heteroatoms. The number of rotatable bonds is 51. The van der Waals surface area contributed by atoms with Gasteiger partial charge in [-0.15, -0.1) is 0 Å². The highest BCUT2D eigenvalue weighted by molar-refractivity contribution is 5.76. The SMILES string of the molecule is CCCCC/C=C\CCCCCCCC(=O)NC(COC1OC(CO)C(OC2OC(CO)C(O)C(O)C2O)C(O)C1O)C(O)CCCCCCCCCCCCCCCCCCCCCCCCCCCCCCC. The second-order valence-corrected chi connectivity index (χ2v) is 22.5. The molecule has 75 heavy (non-hydrogen) atoms. The summed E-state index contributed by atoms with van der Waals surface area (Å²) in [6, 6.07) is -0.830. The molecular weight excluding hydrogens is 955 g/mol. The van der Waals surface area contributed by atoms with Gasteiger partial charge in [0.05, 0.1) is 32.0 Å². The summed E-state index contributed by atoms with van der Waals surface area (Å²) in [6.45, 7) is 2.85. The topological polar surface area (TPSA) is 228 Å². The van der Waals surface area contributed by atoms with E-state index < -0.39 is 86.8 Å². The van der Waals surface area contributed by atoms with Crippen LogP contribution in [0.4, 0.5) is 0 Å². The maximum Gasteiger partial charge on any atom is 0.220 e. The van der Waals surface area contributed by atoms with E-state index in [1.807, 2.05) is 0 Å². The molecular formula is C61H117NO13. The first-order valence-corrected chi connectivity index (χ1v) is 31.4. The Hall–Kier alpha value is -1.27. The number of carbonyl (C=O) groups excluding carboxylic acids is 1. The van der Waals surface area contributed by atoms with Crippen LogP contribution in [0.5, 0.6) is 0 Å². The number of carbonyl (C=O) groups is 1. The Kier molecular flexibility index (Phi) is 44.3. The monoisotopic (exact) mass is 1070 g/mol. The van der Waals surface area contributed by atoms with Crippen molar-refractivity contribution >= 4 is 5.91 Å². The van der Waals surface area contributed by atoms with Gasteiger partial charge in [0.2, 0.25) is 5.91 Å². The predicted octanol–water partition coefficient (Wildman–Crippen LogP) is 11.1. The normalized spacial score (nSPS) is 25.0. The average molecular weight is 1070 g/mol. The maximum absolute atomic E-state index is 13.2. The van der Waals surface area contributed by atoms with E-state index in [9.17, 15) is 45.6 Å². The third kappa shape index (κ3) is 33.2. The molecule has 2 saturated heterocycles. The largest absolute Gasteiger partial charge is 0.394 e. The van der Waals surface area contributed by atoms with Crippen molar-refractivity contribution < 1.29 is 64.6 Å². The van der Waals surface area contributed by atoms with Crippen molar-refractivity contribution in [2.24, 2.45) is 0 Å². The molecule has 2 fully saturated rings. The van der Waals surface area contributed by atoms with E-state index in [0.29, 0.717) is 19.3 Å². The highest BCUT2D eigenvalue weighted by Gasteiger charge is 2.51. The van der Waals surface area contributed by atoms with Crippen LogP contribution in [0.15, 0.2) is 12.2 Å². The zero-order valence-electron chi connectivity index (χ0n) is 47.8. The molecule has 9 N–H and O–H groups in total. The zero-order chi connectivity index (χ0) is 54.6. The minimum Gasteiger partial charge on any atom is -0.394 e. The summed E-state index contributed by atoms with van der Waals surface area (Å²) in [7, 11) is 0. The van der Waals surface area contributed by atoms with E-state index in [-0.39, 0.29) is 12.5 Å². The maximum atomic E-state index is 13.2. The number of amides is 1. The first-order valence-electron chi connectivity index (χ1n) is 31.4. The Balaban J connectivity index is 1.65. The predicted molar refractivity (Wildman–Crippen MR) is 300 cm³/mol. The van der Waals surface area contributed by atoms with Gasteiger partial charge in [0.1, 0.15) is 48.8 Å². The third-order valence-corrected chi connectivity index (χ3v) is 15.7. The molecule has 0 bridgehead atoms. The lowest BCUT2D eigenvalue weighted by Gasteiger charge is -2.46. The van der Waals surface area contributed by atoms with E-state index in [4.69, 9.17) is 18.9 Å². The fourth-order valence-electron chi connectivity index (χ4n) is 10.6. The van der Waals surface area contributed by atoms with Crippen LogP contribution >= 0.6 is 0 Å². The molecule has 444 valence electrons. The van der Waals surface area contributed by atoms with Crippen LogP contribution in [-0.2, 0) is 23.7 Å². The van der Waals surface area contributed by atoms with Gasteiger partial charge >= 0.3 is 0 Å². The van der Waals surface area contributed by atoms with E-state index >= 15 is 0 Å². The molecule has 0 aliphatic carbocycles. The third-order valence-electron chi connectivity index (χ3n) is 15.7. The first-order chi connectivity index (χ1) is 36.6. The Labute approximate surface area is 456 Å². The molecule has 1 amide bonds. The Morgan fingerprint density at radius 2 is 0.840 bits per heavy atom. The quantitative estimate of drug-likeness (QED) is 0.0204. The van der Waals surface area contributed by atoms with E-state index in [0.717, 1.165) is 64.2 Å². The van der Waals surface area contributed by atoms with Crippen molar-refractivity contribution in [3.63, 3.8) is 0 Å². The molecule has 0 aromatic heterocycles. The molecule has 2 heterocycles. The highest BCUT2D eigenvalue weighted by atomic mass is 16.7. The van der Waals surface area contributed by atoms with Crippen LogP contribution in [0.25, 0.3) is 0 Å². The van der Waals surface area contributed by atoms with Gasteiger partial charge in [-0.05, 0) is 38.5 Å². The van der Waals surface area contributed by atoms with Crippen molar-refractivity contribution in [2.45, 2.75) is 351 Å². The van der Waals surface area contributed by atoms with Gasteiger partial charge in [0.15, 0.2) is 12.6 Å². The Morgan fingerprint density at radius 3 is 1.29 bits per heavy atom. The fourth-order valence-corrected chi connectivity index (χ4v) is 10.6. The van der Waals surface area contributed by atoms with Crippen molar-refractivity contribution in [1.82, 2.24) is 5.32 Å². The van der Waals surface area contributed by atoms with Crippen molar-refractivity contribution in [2.75, 3.05) is 19.8 Å². The summed E-state index contributed by atoms with van der Waals surface area (Å²) in [4.78, 5) is 13.2. The molecule has 14 nitrogen and oxygen atoms in total. The van der Waals surface area contributed by atoms with E-state index in [1.54, 1.807) is 0 Å². The molecule has 0 aromatic carbocycles. The molecule has 0 spiro atoms. The number of aliphatic hydroxyl groups is 8. The standard InChI is InChI=1S/C61H117NO13/c1-3-5-7-9-11-13-15-17-18-19-20-21-22-23-24-25-26-27-28-29-30-31-32-33-34-36-38-40-42-44-50(65)49(62-53(66)45-43-41-39-37-35-16-14-12-10-8-6-4-2)48-72-60-58(71)56(69)59(52(47-64)74-60)75-61-57(70)55(68)54(67)51(46-63)73-61/h12,14,49-52,54-61,63-65,67-71H,3-11,13,15-48H2,1-2H3,(H,62,66)/b14-12-. The van der Waals surface area contributed by atoms with Crippen molar-refractivity contribution in [1.29, 1.82) is 0 Å². The number of unbranched alkanes of at least 4 members (excludes halogenated alkanes) is 36. The van der Waals surface area contributed by atoms with Crippen LogP contribution < -0.4 is 5.32 Å². The van der Waals surface area contributed by atoms with E-state index in [2.05, 4.69) is 31.3 Å². The second-order valence-electron chi connectivity index (χ2n) is 22.5. The van der Waals surface area contributed by atoms with Gasteiger partial charge in [0, 0.05) is 6.42 Å². The second kappa shape index (κ2) is 47.5. The van der Waals surface area contributed by atoms with Crippen LogP contribution in [0.2, 0.25) is 0 Å². The summed E-state index contributed by atoms with van der Waals surface area (Å²) in [5.74, 6) is -0.213. The summed E-state index contributed by atoms with van der Waals surface area (Å²) >= 11 is 0. The lowest BCUT2D eigenvalue weighted by molar-refractivity contribution is -0.359. The number of hydrogen-bond acceptors (Lipinski definition) is 13. The lowest BCUT2D eigenvalue weighted by Crippen LogP contribution is -2.65. The smallest absolute Gasteiger partial charge is 0.220 e. The molecule has 12 atom stereocenters. The average Bonchev–Trinajstić information content (AvgIpc) is 3.41. The highest BCUT2D eigenvalue weighted by Crippen LogP contribution is 2.30.